The predicted molar refractivity (Wildman–Crippen MR) is 119 cm³/mol. The maximum atomic E-state index is 5.00. The Morgan fingerprint density at radius 1 is 0.929 bits per heavy atom. The molecule has 2 aromatic heterocycles. The standard InChI is InChI=1S/C24H23N3S/c1-15-12-13-16(2)19(14-15)25-23-21-18-10-6-7-11-20(18)28-24(21)27-22(26-23)17-8-4-3-5-9-17/h3-5,8-9,12-14H,6-7,10-11H2,1-2H3,(H,25,26,27). The first-order valence-corrected chi connectivity index (χ1v) is 10.7. The Bertz CT molecular complexity index is 1160. The number of benzene rings is 2. The molecular formula is C24H23N3S. The van der Waals surface area contributed by atoms with Gasteiger partial charge in [0, 0.05) is 16.1 Å². The molecule has 0 atom stereocenters. The number of anilines is 2. The largest absolute Gasteiger partial charge is 0.339 e. The molecule has 0 aliphatic heterocycles. The third-order valence-electron chi connectivity index (χ3n) is 5.49. The van der Waals surface area contributed by atoms with Crippen LogP contribution in [0, 0.1) is 13.8 Å². The molecule has 2 aromatic carbocycles. The molecule has 0 spiro atoms. The number of hydrogen-bond acceptors (Lipinski definition) is 4. The van der Waals surface area contributed by atoms with Crippen LogP contribution >= 0.6 is 11.3 Å². The van der Waals surface area contributed by atoms with Gasteiger partial charge in [0.25, 0.3) is 0 Å². The lowest BCUT2D eigenvalue weighted by Gasteiger charge is -2.15. The fourth-order valence-corrected chi connectivity index (χ4v) is 5.22. The van der Waals surface area contributed by atoms with E-state index in [-0.39, 0.29) is 0 Å². The molecule has 1 aliphatic rings. The van der Waals surface area contributed by atoms with E-state index in [0.717, 1.165) is 34.1 Å². The Morgan fingerprint density at radius 3 is 2.61 bits per heavy atom. The van der Waals surface area contributed by atoms with E-state index in [4.69, 9.17) is 9.97 Å². The molecule has 0 fully saturated rings. The van der Waals surface area contributed by atoms with Crippen LogP contribution in [0.5, 0.6) is 0 Å². The molecule has 2 heterocycles. The molecule has 0 amide bonds. The van der Waals surface area contributed by atoms with E-state index in [0.29, 0.717) is 0 Å². The summed E-state index contributed by atoms with van der Waals surface area (Å²) in [5, 5.41) is 4.88. The van der Waals surface area contributed by atoms with Crippen molar-refractivity contribution in [1.29, 1.82) is 0 Å². The molecule has 4 heteroatoms. The van der Waals surface area contributed by atoms with Crippen LogP contribution in [0.3, 0.4) is 0 Å². The molecule has 0 saturated heterocycles. The van der Waals surface area contributed by atoms with Crippen LogP contribution in [0.1, 0.15) is 34.4 Å². The molecule has 140 valence electrons. The second-order valence-electron chi connectivity index (χ2n) is 7.60. The third-order valence-corrected chi connectivity index (χ3v) is 6.68. The lowest BCUT2D eigenvalue weighted by atomic mass is 9.97. The summed E-state index contributed by atoms with van der Waals surface area (Å²) in [6.45, 7) is 4.27. The van der Waals surface area contributed by atoms with Gasteiger partial charge in [0.2, 0.25) is 0 Å². The Hall–Kier alpha value is -2.72. The number of fused-ring (bicyclic) bond motifs is 3. The van der Waals surface area contributed by atoms with Crippen molar-refractivity contribution in [3.05, 3.63) is 70.1 Å². The molecule has 0 saturated carbocycles. The first-order chi connectivity index (χ1) is 13.7. The van der Waals surface area contributed by atoms with Crippen LogP contribution in [0.15, 0.2) is 48.5 Å². The molecule has 0 bridgehead atoms. The predicted octanol–water partition coefficient (Wildman–Crippen LogP) is 6.60. The van der Waals surface area contributed by atoms with Gasteiger partial charge < -0.3 is 5.32 Å². The van der Waals surface area contributed by atoms with Crippen molar-refractivity contribution in [2.24, 2.45) is 0 Å². The van der Waals surface area contributed by atoms with E-state index in [1.807, 2.05) is 29.5 Å². The Balaban J connectivity index is 1.72. The van der Waals surface area contributed by atoms with Crippen molar-refractivity contribution in [3.8, 4) is 11.4 Å². The van der Waals surface area contributed by atoms with Crippen molar-refractivity contribution in [3.63, 3.8) is 0 Å². The van der Waals surface area contributed by atoms with Gasteiger partial charge in [-0.15, -0.1) is 11.3 Å². The summed E-state index contributed by atoms with van der Waals surface area (Å²) in [4.78, 5) is 12.6. The topological polar surface area (TPSA) is 37.8 Å². The van der Waals surface area contributed by atoms with Gasteiger partial charge in [-0.2, -0.15) is 0 Å². The van der Waals surface area contributed by atoms with Crippen molar-refractivity contribution in [2.75, 3.05) is 5.32 Å². The number of thiophene rings is 1. The average molecular weight is 386 g/mol. The second kappa shape index (κ2) is 7.02. The summed E-state index contributed by atoms with van der Waals surface area (Å²) in [6, 6.07) is 16.8. The Kier molecular flexibility index (Phi) is 4.36. The zero-order valence-corrected chi connectivity index (χ0v) is 17.1. The van der Waals surface area contributed by atoms with Gasteiger partial charge in [-0.05, 0) is 62.3 Å². The average Bonchev–Trinajstić information content (AvgIpc) is 3.10. The summed E-state index contributed by atoms with van der Waals surface area (Å²) >= 11 is 1.85. The van der Waals surface area contributed by atoms with Gasteiger partial charge >= 0.3 is 0 Å². The SMILES string of the molecule is Cc1ccc(C)c(Nc2nc(-c3ccccc3)nc3sc4c(c23)CCCC4)c1. The molecule has 3 nitrogen and oxygen atoms in total. The molecule has 4 aromatic rings. The summed E-state index contributed by atoms with van der Waals surface area (Å²) in [6.07, 6.45) is 4.82. The third kappa shape index (κ3) is 3.08. The molecule has 1 N–H and O–H groups in total. The summed E-state index contributed by atoms with van der Waals surface area (Å²) in [5.74, 6) is 1.73. The van der Waals surface area contributed by atoms with Crippen LogP contribution in [-0.2, 0) is 12.8 Å². The van der Waals surface area contributed by atoms with Crippen LogP contribution in [-0.4, -0.2) is 9.97 Å². The fraction of sp³-hybridized carbons (Fsp3) is 0.250. The van der Waals surface area contributed by atoms with Gasteiger partial charge in [0.15, 0.2) is 5.82 Å². The van der Waals surface area contributed by atoms with Gasteiger partial charge in [-0.1, -0.05) is 42.5 Å². The molecule has 28 heavy (non-hydrogen) atoms. The number of aryl methyl sites for hydroxylation is 4. The van der Waals surface area contributed by atoms with Crippen molar-refractivity contribution in [1.82, 2.24) is 9.97 Å². The van der Waals surface area contributed by atoms with Gasteiger partial charge in [-0.25, -0.2) is 9.97 Å². The summed E-state index contributed by atoms with van der Waals surface area (Å²) in [5.41, 5.74) is 6.10. The number of nitrogens with zero attached hydrogens (tertiary/aromatic N) is 2. The van der Waals surface area contributed by atoms with E-state index < -0.39 is 0 Å². The quantitative estimate of drug-likeness (QED) is 0.432. The number of rotatable bonds is 3. The highest BCUT2D eigenvalue weighted by atomic mass is 32.1. The lowest BCUT2D eigenvalue weighted by Crippen LogP contribution is -2.03. The minimum Gasteiger partial charge on any atom is -0.339 e. The maximum Gasteiger partial charge on any atom is 0.163 e. The fourth-order valence-electron chi connectivity index (χ4n) is 3.96. The molecule has 5 rings (SSSR count). The van der Waals surface area contributed by atoms with E-state index in [9.17, 15) is 0 Å². The van der Waals surface area contributed by atoms with E-state index in [1.54, 1.807) is 0 Å². The van der Waals surface area contributed by atoms with Crippen molar-refractivity contribution >= 4 is 33.1 Å². The van der Waals surface area contributed by atoms with Gasteiger partial charge in [-0.3, -0.25) is 0 Å². The molecule has 0 radical (unpaired) electrons. The van der Waals surface area contributed by atoms with Gasteiger partial charge in [0.05, 0.1) is 5.39 Å². The Labute approximate surface area is 169 Å². The summed E-state index contributed by atoms with van der Waals surface area (Å²) < 4.78 is 0. The molecule has 1 aliphatic carbocycles. The molecular weight excluding hydrogens is 362 g/mol. The highest BCUT2D eigenvalue weighted by Gasteiger charge is 2.22. The first-order valence-electron chi connectivity index (χ1n) is 9.91. The smallest absolute Gasteiger partial charge is 0.163 e. The van der Waals surface area contributed by atoms with E-state index >= 15 is 0 Å². The van der Waals surface area contributed by atoms with Gasteiger partial charge in [0.1, 0.15) is 10.6 Å². The number of aromatic nitrogens is 2. The monoisotopic (exact) mass is 385 g/mol. The van der Waals surface area contributed by atoms with Crippen LogP contribution < -0.4 is 5.32 Å². The maximum absolute atomic E-state index is 5.00. The van der Waals surface area contributed by atoms with Crippen LogP contribution in [0.2, 0.25) is 0 Å². The minimum atomic E-state index is 0.791. The van der Waals surface area contributed by atoms with Crippen molar-refractivity contribution < 1.29 is 0 Å². The Morgan fingerprint density at radius 2 is 1.75 bits per heavy atom. The number of hydrogen-bond donors (Lipinski definition) is 1. The second-order valence-corrected chi connectivity index (χ2v) is 8.68. The molecule has 0 unspecified atom stereocenters. The van der Waals surface area contributed by atoms with Crippen molar-refractivity contribution in [2.45, 2.75) is 39.5 Å². The van der Waals surface area contributed by atoms with E-state index in [1.165, 1.54) is 46.2 Å². The lowest BCUT2D eigenvalue weighted by molar-refractivity contribution is 0.700. The number of nitrogens with one attached hydrogen (secondary N) is 1. The first kappa shape index (κ1) is 17.4. The van der Waals surface area contributed by atoms with E-state index in [2.05, 4.69) is 49.5 Å². The normalized spacial score (nSPS) is 13.5. The highest BCUT2D eigenvalue weighted by Crippen LogP contribution is 2.40. The van der Waals surface area contributed by atoms with Crippen LogP contribution in [0.25, 0.3) is 21.6 Å². The zero-order valence-electron chi connectivity index (χ0n) is 16.2. The highest BCUT2D eigenvalue weighted by molar-refractivity contribution is 7.19. The minimum absolute atomic E-state index is 0.791. The zero-order chi connectivity index (χ0) is 19.1. The van der Waals surface area contributed by atoms with Crippen LogP contribution in [0.4, 0.5) is 11.5 Å². The summed E-state index contributed by atoms with van der Waals surface area (Å²) in [7, 11) is 0.